The SMILES string of the molecule is CS(=O)(=O)Nc1ccc(-c2ccc(N)cc2)cc1[N+](=O)[O-]. The lowest BCUT2D eigenvalue weighted by molar-refractivity contribution is -0.383. The first kappa shape index (κ1) is 14.8. The van der Waals surface area contributed by atoms with E-state index in [9.17, 15) is 18.5 Å². The molecule has 110 valence electrons. The molecule has 0 amide bonds. The van der Waals surface area contributed by atoms with Gasteiger partial charge < -0.3 is 5.73 Å². The van der Waals surface area contributed by atoms with Crippen molar-refractivity contribution < 1.29 is 13.3 Å². The van der Waals surface area contributed by atoms with Gasteiger partial charge in [0.05, 0.1) is 11.2 Å². The Labute approximate surface area is 121 Å². The molecule has 0 unspecified atom stereocenters. The average molecular weight is 307 g/mol. The molecule has 0 aliphatic rings. The first-order chi connectivity index (χ1) is 9.76. The van der Waals surface area contributed by atoms with E-state index < -0.39 is 14.9 Å². The second kappa shape index (κ2) is 5.41. The van der Waals surface area contributed by atoms with E-state index in [2.05, 4.69) is 4.72 Å². The standard InChI is InChI=1S/C13H13N3O4S/c1-21(19,20)15-12-7-4-10(8-13(12)16(17)18)9-2-5-11(14)6-3-9/h2-8,15H,14H2,1H3. The highest BCUT2D eigenvalue weighted by molar-refractivity contribution is 7.92. The fraction of sp³-hybridized carbons (Fsp3) is 0.0769. The number of sulfonamides is 1. The summed E-state index contributed by atoms with van der Waals surface area (Å²) < 4.78 is 24.6. The van der Waals surface area contributed by atoms with Crippen molar-refractivity contribution in [3.63, 3.8) is 0 Å². The molecule has 0 bridgehead atoms. The zero-order valence-electron chi connectivity index (χ0n) is 11.1. The van der Waals surface area contributed by atoms with Crippen LogP contribution < -0.4 is 10.5 Å². The van der Waals surface area contributed by atoms with Gasteiger partial charge in [-0.2, -0.15) is 0 Å². The Morgan fingerprint density at radius 3 is 2.19 bits per heavy atom. The van der Waals surface area contributed by atoms with Crippen LogP contribution in [0.4, 0.5) is 17.1 Å². The molecule has 0 radical (unpaired) electrons. The molecular formula is C13H13N3O4S. The molecule has 0 saturated carbocycles. The van der Waals surface area contributed by atoms with E-state index in [0.29, 0.717) is 11.3 Å². The number of nitrogens with zero attached hydrogens (tertiary/aromatic N) is 1. The predicted molar refractivity (Wildman–Crippen MR) is 81.4 cm³/mol. The molecule has 0 fully saturated rings. The number of anilines is 2. The van der Waals surface area contributed by atoms with Crippen LogP contribution in [0.5, 0.6) is 0 Å². The molecule has 21 heavy (non-hydrogen) atoms. The fourth-order valence-electron chi connectivity index (χ4n) is 1.82. The molecule has 8 heteroatoms. The summed E-state index contributed by atoms with van der Waals surface area (Å²) in [7, 11) is -3.59. The maximum absolute atomic E-state index is 11.2. The summed E-state index contributed by atoms with van der Waals surface area (Å²) in [4.78, 5) is 10.5. The van der Waals surface area contributed by atoms with Crippen LogP contribution in [-0.2, 0) is 10.0 Å². The summed E-state index contributed by atoms with van der Waals surface area (Å²) in [5.41, 5.74) is 7.15. The molecule has 0 aliphatic heterocycles. The summed E-state index contributed by atoms with van der Waals surface area (Å²) >= 11 is 0. The number of hydrogen-bond donors (Lipinski definition) is 2. The third-order valence-electron chi connectivity index (χ3n) is 2.73. The lowest BCUT2D eigenvalue weighted by Crippen LogP contribution is -2.11. The van der Waals surface area contributed by atoms with Crippen molar-refractivity contribution >= 4 is 27.1 Å². The van der Waals surface area contributed by atoms with E-state index in [1.54, 1.807) is 30.3 Å². The van der Waals surface area contributed by atoms with Crippen LogP contribution in [-0.4, -0.2) is 19.6 Å². The number of nitrogen functional groups attached to an aromatic ring is 1. The van der Waals surface area contributed by atoms with Gasteiger partial charge in [0.25, 0.3) is 5.69 Å². The molecule has 0 saturated heterocycles. The van der Waals surface area contributed by atoms with Crippen molar-refractivity contribution in [2.45, 2.75) is 0 Å². The van der Waals surface area contributed by atoms with Gasteiger partial charge in [-0.15, -0.1) is 0 Å². The maximum Gasteiger partial charge on any atom is 0.293 e. The van der Waals surface area contributed by atoms with Crippen molar-refractivity contribution in [2.24, 2.45) is 0 Å². The minimum Gasteiger partial charge on any atom is -0.399 e. The molecule has 2 aromatic carbocycles. The van der Waals surface area contributed by atoms with Crippen LogP contribution in [0.3, 0.4) is 0 Å². The Kier molecular flexibility index (Phi) is 3.81. The van der Waals surface area contributed by atoms with Gasteiger partial charge in [-0.1, -0.05) is 18.2 Å². The van der Waals surface area contributed by atoms with Gasteiger partial charge in [0, 0.05) is 11.8 Å². The summed E-state index contributed by atoms with van der Waals surface area (Å²) in [6.07, 6.45) is 0.935. The van der Waals surface area contributed by atoms with Crippen LogP contribution in [0.15, 0.2) is 42.5 Å². The summed E-state index contributed by atoms with van der Waals surface area (Å²) in [5.74, 6) is 0. The summed E-state index contributed by atoms with van der Waals surface area (Å²) in [5, 5.41) is 11.1. The number of nitro groups is 1. The van der Waals surface area contributed by atoms with E-state index in [-0.39, 0.29) is 11.4 Å². The molecule has 0 aromatic heterocycles. The number of benzene rings is 2. The molecule has 0 atom stereocenters. The Balaban J connectivity index is 2.50. The minimum atomic E-state index is -3.59. The van der Waals surface area contributed by atoms with Gasteiger partial charge in [-0.25, -0.2) is 8.42 Å². The van der Waals surface area contributed by atoms with Gasteiger partial charge >= 0.3 is 0 Å². The lowest BCUT2D eigenvalue weighted by Gasteiger charge is -2.07. The highest BCUT2D eigenvalue weighted by Gasteiger charge is 2.17. The Morgan fingerprint density at radius 2 is 1.67 bits per heavy atom. The predicted octanol–water partition coefficient (Wildman–Crippen LogP) is 2.22. The second-order valence-corrected chi connectivity index (χ2v) is 6.23. The van der Waals surface area contributed by atoms with Gasteiger partial charge in [-0.05, 0) is 29.3 Å². The van der Waals surface area contributed by atoms with Crippen LogP contribution in [0, 0.1) is 10.1 Å². The van der Waals surface area contributed by atoms with Gasteiger partial charge in [0.1, 0.15) is 5.69 Å². The highest BCUT2D eigenvalue weighted by atomic mass is 32.2. The van der Waals surface area contributed by atoms with Crippen molar-refractivity contribution in [3.8, 4) is 11.1 Å². The number of hydrogen-bond acceptors (Lipinski definition) is 5. The Morgan fingerprint density at radius 1 is 1.10 bits per heavy atom. The average Bonchev–Trinajstić information content (AvgIpc) is 2.38. The number of nitrogens with one attached hydrogen (secondary N) is 1. The fourth-order valence-corrected chi connectivity index (χ4v) is 2.40. The van der Waals surface area contributed by atoms with Crippen LogP contribution in [0.2, 0.25) is 0 Å². The lowest BCUT2D eigenvalue weighted by atomic mass is 10.0. The number of nitro benzene ring substituents is 1. The molecule has 2 rings (SSSR count). The molecule has 0 aliphatic carbocycles. The van der Waals surface area contributed by atoms with Gasteiger partial charge in [0.2, 0.25) is 10.0 Å². The van der Waals surface area contributed by atoms with Crippen molar-refractivity contribution in [1.82, 2.24) is 0 Å². The van der Waals surface area contributed by atoms with Crippen LogP contribution >= 0.6 is 0 Å². The molecule has 7 nitrogen and oxygen atoms in total. The van der Waals surface area contributed by atoms with Gasteiger partial charge in [-0.3, -0.25) is 14.8 Å². The second-order valence-electron chi connectivity index (χ2n) is 4.49. The van der Waals surface area contributed by atoms with E-state index in [0.717, 1.165) is 11.8 Å². The molecular weight excluding hydrogens is 294 g/mol. The van der Waals surface area contributed by atoms with Gasteiger partial charge in [0.15, 0.2) is 0 Å². The van der Waals surface area contributed by atoms with Crippen molar-refractivity contribution in [2.75, 3.05) is 16.7 Å². The zero-order valence-corrected chi connectivity index (χ0v) is 11.9. The number of rotatable bonds is 4. The molecule has 3 N–H and O–H groups in total. The third-order valence-corrected chi connectivity index (χ3v) is 3.32. The zero-order chi connectivity index (χ0) is 15.6. The van der Waals surface area contributed by atoms with Crippen molar-refractivity contribution in [3.05, 3.63) is 52.6 Å². The van der Waals surface area contributed by atoms with E-state index in [4.69, 9.17) is 5.73 Å². The topological polar surface area (TPSA) is 115 Å². The Bertz CT molecular complexity index is 786. The largest absolute Gasteiger partial charge is 0.399 e. The van der Waals surface area contributed by atoms with Crippen LogP contribution in [0.25, 0.3) is 11.1 Å². The van der Waals surface area contributed by atoms with E-state index >= 15 is 0 Å². The summed E-state index contributed by atoms with van der Waals surface area (Å²) in [6.45, 7) is 0. The summed E-state index contributed by atoms with van der Waals surface area (Å²) in [6, 6.07) is 11.1. The monoisotopic (exact) mass is 307 g/mol. The molecule has 0 heterocycles. The smallest absolute Gasteiger partial charge is 0.293 e. The first-order valence-corrected chi connectivity index (χ1v) is 7.77. The van der Waals surface area contributed by atoms with E-state index in [1.165, 1.54) is 12.1 Å². The molecule has 0 spiro atoms. The quantitative estimate of drug-likeness (QED) is 0.510. The maximum atomic E-state index is 11.2. The Hall–Kier alpha value is -2.61. The van der Waals surface area contributed by atoms with Crippen LogP contribution in [0.1, 0.15) is 0 Å². The normalized spacial score (nSPS) is 11.1. The highest BCUT2D eigenvalue weighted by Crippen LogP contribution is 2.31. The number of nitrogens with two attached hydrogens (primary N) is 1. The van der Waals surface area contributed by atoms with Crippen molar-refractivity contribution in [1.29, 1.82) is 0 Å². The minimum absolute atomic E-state index is 0.0679. The third kappa shape index (κ3) is 3.69. The van der Waals surface area contributed by atoms with E-state index in [1.807, 2.05) is 0 Å². The first-order valence-electron chi connectivity index (χ1n) is 5.88. The molecule has 2 aromatic rings.